The third-order valence-corrected chi connectivity index (χ3v) is 5.41. The second-order valence-electron chi connectivity index (χ2n) is 7.47. The Balaban J connectivity index is 1.65. The summed E-state index contributed by atoms with van der Waals surface area (Å²) in [6, 6.07) is 7.92. The van der Waals surface area contributed by atoms with Gasteiger partial charge in [0.05, 0.1) is 11.4 Å². The summed E-state index contributed by atoms with van der Waals surface area (Å²) < 4.78 is 0. The van der Waals surface area contributed by atoms with Crippen LogP contribution in [-0.4, -0.2) is 29.9 Å². The van der Waals surface area contributed by atoms with E-state index in [4.69, 9.17) is 9.97 Å². The quantitative estimate of drug-likeness (QED) is 0.387. The van der Waals surface area contributed by atoms with Crippen molar-refractivity contribution in [1.29, 1.82) is 0 Å². The average Bonchev–Trinajstić information content (AvgIpc) is 3.48. The number of rotatable bonds is 9. The summed E-state index contributed by atoms with van der Waals surface area (Å²) in [6.45, 7) is 6.33. The van der Waals surface area contributed by atoms with Crippen LogP contribution in [0, 0.1) is 6.92 Å². The van der Waals surface area contributed by atoms with Crippen LogP contribution in [0.5, 0.6) is 0 Å². The van der Waals surface area contributed by atoms with Crippen molar-refractivity contribution in [2.45, 2.75) is 44.4 Å². The monoisotopic (exact) mass is 399 g/mol. The number of nitrogens with one attached hydrogen (secondary N) is 2. The van der Waals surface area contributed by atoms with Gasteiger partial charge >= 0.3 is 0 Å². The number of hydrogen-bond donors (Lipinski definition) is 2. The molecule has 6 heteroatoms. The number of aromatic amines is 2. The standard InChI is InChI=1S/C24H27N6/c1-3-7-19(23-27-15-21(29-23)17-9-5-11-25-13-17)20(8-4-2)24-28-16-22(30-24)18-10-6-12-26-14-18/h5-6,9-16,19-20H,1,3-4,7-8H2,2H3,(H,27,29)(H,28,30). The summed E-state index contributed by atoms with van der Waals surface area (Å²) in [6.07, 6.45) is 15.0. The first-order chi connectivity index (χ1) is 14.8. The third-order valence-electron chi connectivity index (χ3n) is 5.41. The largest absolute Gasteiger partial charge is 0.348 e. The minimum Gasteiger partial charge on any atom is -0.348 e. The van der Waals surface area contributed by atoms with Crippen molar-refractivity contribution < 1.29 is 0 Å². The van der Waals surface area contributed by atoms with Gasteiger partial charge in [0.25, 0.3) is 0 Å². The van der Waals surface area contributed by atoms with E-state index in [9.17, 15) is 0 Å². The molecule has 153 valence electrons. The van der Waals surface area contributed by atoms with Gasteiger partial charge in [0.1, 0.15) is 11.6 Å². The van der Waals surface area contributed by atoms with Crippen LogP contribution in [0.2, 0.25) is 0 Å². The minimum atomic E-state index is 0.209. The molecule has 2 unspecified atom stereocenters. The van der Waals surface area contributed by atoms with Crippen molar-refractivity contribution in [3.8, 4) is 22.5 Å². The summed E-state index contributed by atoms with van der Waals surface area (Å²) in [5, 5.41) is 0. The van der Waals surface area contributed by atoms with Crippen molar-refractivity contribution in [2.75, 3.05) is 0 Å². The second kappa shape index (κ2) is 9.48. The average molecular weight is 400 g/mol. The zero-order chi connectivity index (χ0) is 20.8. The third kappa shape index (κ3) is 4.32. The molecule has 1 radical (unpaired) electrons. The fraction of sp³-hybridized carbons (Fsp3) is 0.292. The van der Waals surface area contributed by atoms with E-state index in [-0.39, 0.29) is 11.8 Å². The van der Waals surface area contributed by atoms with E-state index in [1.54, 1.807) is 12.4 Å². The maximum atomic E-state index is 4.93. The zero-order valence-electron chi connectivity index (χ0n) is 17.3. The van der Waals surface area contributed by atoms with E-state index >= 15 is 0 Å². The van der Waals surface area contributed by atoms with Gasteiger partial charge in [-0.25, -0.2) is 9.97 Å². The maximum Gasteiger partial charge on any atom is 0.110 e. The molecule has 0 saturated heterocycles. The number of pyridine rings is 2. The molecule has 0 amide bonds. The molecule has 0 bridgehead atoms. The number of H-pyrrole nitrogens is 2. The van der Waals surface area contributed by atoms with Crippen LogP contribution in [0.4, 0.5) is 0 Å². The molecule has 30 heavy (non-hydrogen) atoms. The Morgan fingerprint density at radius 3 is 1.80 bits per heavy atom. The summed E-state index contributed by atoms with van der Waals surface area (Å²) >= 11 is 0. The van der Waals surface area contributed by atoms with E-state index in [1.807, 2.05) is 49.1 Å². The normalized spacial score (nSPS) is 13.3. The van der Waals surface area contributed by atoms with Gasteiger partial charge in [0.15, 0.2) is 0 Å². The van der Waals surface area contributed by atoms with Crippen LogP contribution < -0.4 is 0 Å². The van der Waals surface area contributed by atoms with E-state index in [0.29, 0.717) is 0 Å². The highest BCUT2D eigenvalue weighted by molar-refractivity contribution is 5.57. The number of hydrogen-bond acceptors (Lipinski definition) is 4. The minimum absolute atomic E-state index is 0.209. The first-order valence-corrected chi connectivity index (χ1v) is 10.5. The number of aromatic nitrogens is 6. The molecule has 0 aromatic carbocycles. The van der Waals surface area contributed by atoms with Crippen molar-refractivity contribution in [1.82, 2.24) is 29.9 Å². The molecule has 2 atom stereocenters. The molecule has 0 saturated carbocycles. The first kappa shape index (κ1) is 20.0. The second-order valence-corrected chi connectivity index (χ2v) is 7.47. The summed E-state index contributed by atoms with van der Waals surface area (Å²) in [5.41, 5.74) is 3.86. The number of imidazole rings is 2. The predicted octanol–water partition coefficient (Wildman–Crippen LogP) is 5.54. The molecule has 0 aliphatic carbocycles. The van der Waals surface area contributed by atoms with Gasteiger partial charge in [-0.1, -0.05) is 26.7 Å². The van der Waals surface area contributed by atoms with E-state index < -0.39 is 0 Å². The van der Waals surface area contributed by atoms with Crippen LogP contribution >= 0.6 is 0 Å². The lowest BCUT2D eigenvalue weighted by molar-refractivity contribution is 0.444. The van der Waals surface area contributed by atoms with E-state index in [1.165, 1.54) is 0 Å². The lowest BCUT2D eigenvalue weighted by Crippen LogP contribution is -2.14. The van der Waals surface area contributed by atoms with Gasteiger partial charge in [0.2, 0.25) is 0 Å². The number of nitrogens with zero attached hydrogens (tertiary/aromatic N) is 4. The molecular weight excluding hydrogens is 372 g/mol. The van der Waals surface area contributed by atoms with Crippen LogP contribution in [0.1, 0.15) is 56.1 Å². The van der Waals surface area contributed by atoms with Crippen LogP contribution in [0.25, 0.3) is 22.5 Å². The Hall–Kier alpha value is -3.28. The zero-order valence-corrected chi connectivity index (χ0v) is 17.3. The Labute approximate surface area is 177 Å². The molecular formula is C24H27N6. The highest BCUT2D eigenvalue weighted by Gasteiger charge is 2.28. The summed E-state index contributed by atoms with van der Waals surface area (Å²) in [4.78, 5) is 25.1. The molecule has 0 fully saturated rings. The van der Waals surface area contributed by atoms with Gasteiger partial charge in [-0.2, -0.15) is 0 Å². The van der Waals surface area contributed by atoms with Gasteiger partial charge in [-0.3, -0.25) is 9.97 Å². The fourth-order valence-electron chi connectivity index (χ4n) is 3.97. The molecule has 0 aliphatic rings. The molecule has 4 aromatic heterocycles. The lowest BCUT2D eigenvalue weighted by Gasteiger charge is -2.23. The van der Waals surface area contributed by atoms with Crippen LogP contribution in [0.3, 0.4) is 0 Å². The molecule has 0 aliphatic heterocycles. The molecule has 6 nitrogen and oxygen atoms in total. The van der Waals surface area contributed by atoms with Gasteiger partial charge < -0.3 is 9.97 Å². The molecule has 4 aromatic rings. The lowest BCUT2D eigenvalue weighted by atomic mass is 9.84. The van der Waals surface area contributed by atoms with Gasteiger partial charge in [-0.15, -0.1) is 0 Å². The smallest absolute Gasteiger partial charge is 0.110 e. The van der Waals surface area contributed by atoms with E-state index in [2.05, 4.69) is 33.8 Å². The highest BCUT2D eigenvalue weighted by Crippen LogP contribution is 2.38. The topological polar surface area (TPSA) is 83.1 Å². The predicted molar refractivity (Wildman–Crippen MR) is 119 cm³/mol. The molecule has 4 rings (SSSR count). The van der Waals surface area contributed by atoms with Gasteiger partial charge in [-0.05, 0) is 37.1 Å². The maximum absolute atomic E-state index is 4.93. The Bertz CT molecular complexity index is 952. The van der Waals surface area contributed by atoms with Crippen molar-refractivity contribution in [2.24, 2.45) is 0 Å². The Kier molecular flexibility index (Phi) is 6.32. The Morgan fingerprint density at radius 2 is 1.37 bits per heavy atom. The molecule has 2 N–H and O–H groups in total. The van der Waals surface area contributed by atoms with Gasteiger partial charge in [0, 0.05) is 60.1 Å². The summed E-state index contributed by atoms with van der Waals surface area (Å²) in [7, 11) is 0. The Morgan fingerprint density at radius 1 is 0.833 bits per heavy atom. The van der Waals surface area contributed by atoms with Crippen molar-refractivity contribution in [3.63, 3.8) is 0 Å². The van der Waals surface area contributed by atoms with Crippen LogP contribution in [-0.2, 0) is 0 Å². The summed E-state index contributed by atoms with van der Waals surface area (Å²) in [5.74, 6) is 2.42. The van der Waals surface area contributed by atoms with E-state index in [0.717, 1.165) is 59.8 Å². The van der Waals surface area contributed by atoms with Crippen molar-refractivity contribution >= 4 is 0 Å². The van der Waals surface area contributed by atoms with Crippen molar-refractivity contribution in [3.05, 3.63) is 80.0 Å². The van der Waals surface area contributed by atoms with Crippen LogP contribution in [0.15, 0.2) is 61.4 Å². The SMILES string of the molecule is [CH2]CCC(c1nc(-c2cccnc2)c[nH]1)C(CCC)c1nc(-c2cccnc2)c[nH]1. The first-order valence-electron chi connectivity index (χ1n) is 10.5. The highest BCUT2D eigenvalue weighted by atomic mass is 15.0. The fourth-order valence-corrected chi connectivity index (χ4v) is 3.97. The molecule has 4 heterocycles. The molecule has 0 spiro atoms.